The van der Waals surface area contributed by atoms with Crippen molar-refractivity contribution in [2.75, 3.05) is 11.5 Å². The molecule has 5 rings (SSSR count). The molecule has 4 aromatic rings. The van der Waals surface area contributed by atoms with Crippen LogP contribution in [0.1, 0.15) is 54.4 Å². The molecule has 1 aromatic carbocycles. The Kier molecular flexibility index (Phi) is 6.51. The number of thiophene rings is 1. The molecule has 0 spiro atoms. The number of benzene rings is 1. The van der Waals surface area contributed by atoms with Gasteiger partial charge in [-0.3, -0.25) is 9.36 Å². The van der Waals surface area contributed by atoms with Crippen molar-refractivity contribution < 1.29 is 0 Å². The normalized spacial score (nSPS) is 13.3. The number of fused-ring (bicyclic) bond motifs is 3. The molecule has 3 heterocycles. The summed E-state index contributed by atoms with van der Waals surface area (Å²) in [6.45, 7) is 2.19. The molecular weight excluding hydrogens is 466 g/mol. The van der Waals surface area contributed by atoms with E-state index in [0.29, 0.717) is 16.7 Å². The van der Waals surface area contributed by atoms with Crippen LogP contribution in [0, 0.1) is 0 Å². The molecule has 0 bridgehead atoms. The maximum atomic E-state index is 13.9. The number of anilines is 2. The van der Waals surface area contributed by atoms with Crippen LogP contribution in [0.4, 0.5) is 11.9 Å². The number of nitrogen functional groups attached to an aromatic ring is 2. The summed E-state index contributed by atoms with van der Waals surface area (Å²) in [5.74, 6) is 0.987. The Bertz CT molecular complexity index is 1380. The zero-order chi connectivity index (χ0) is 23.7. The Morgan fingerprint density at radius 1 is 1.03 bits per heavy atom. The Labute approximate surface area is 205 Å². The number of hydrogen-bond donors (Lipinski definition) is 2. The summed E-state index contributed by atoms with van der Waals surface area (Å²) in [4.78, 5) is 33.1. The maximum absolute atomic E-state index is 13.9. The predicted molar refractivity (Wildman–Crippen MR) is 139 cm³/mol. The fourth-order valence-electron chi connectivity index (χ4n) is 4.35. The zero-order valence-corrected chi connectivity index (χ0v) is 20.7. The van der Waals surface area contributed by atoms with Crippen LogP contribution in [0.2, 0.25) is 0 Å². The lowest BCUT2D eigenvalue weighted by Gasteiger charge is -2.14. The van der Waals surface area contributed by atoms with Gasteiger partial charge >= 0.3 is 0 Å². The third-order valence-corrected chi connectivity index (χ3v) is 8.14. The highest BCUT2D eigenvalue weighted by atomic mass is 32.2. The van der Waals surface area contributed by atoms with E-state index in [-0.39, 0.29) is 17.5 Å². The van der Waals surface area contributed by atoms with Gasteiger partial charge in [0.25, 0.3) is 5.56 Å². The highest BCUT2D eigenvalue weighted by molar-refractivity contribution is 7.98. The topological polar surface area (TPSA) is 126 Å². The summed E-state index contributed by atoms with van der Waals surface area (Å²) < 4.78 is 1.73. The largest absolute Gasteiger partial charge is 0.368 e. The maximum Gasteiger partial charge on any atom is 0.267 e. The molecule has 10 heteroatoms. The number of hydrogen-bond acceptors (Lipinski definition) is 9. The molecule has 176 valence electrons. The summed E-state index contributed by atoms with van der Waals surface area (Å²) in [6.07, 6.45) is 7.57. The van der Waals surface area contributed by atoms with Crippen molar-refractivity contribution in [3.05, 3.63) is 56.4 Å². The van der Waals surface area contributed by atoms with E-state index in [4.69, 9.17) is 16.5 Å². The van der Waals surface area contributed by atoms with Gasteiger partial charge in [-0.2, -0.15) is 15.0 Å². The molecule has 0 unspecified atom stereocenters. The Morgan fingerprint density at radius 2 is 1.76 bits per heavy atom. The first-order valence-electron chi connectivity index (χ1n) is 11.6. The van der Waals surface area contributed by atoms with Gasteiger partial charge < -0.3 is 11.5 Å². The van der Waals surface area contributed by atoms with Crippen molar-refractivity contribution in [1.82, 2.24) is 24.5 Å². The van der Waals surface area contributed by atoms with E-state index < -0.39 is 0 Å². The minimum Gasteiger partial charge on any atom is -0.368 e. The highest BCUT2D eigenvalue weighted by Crippen LogP contribution is 2.35. The van der Waals surface area contributed by atoms with Gasteiger partial charge in [0, 0.05) is 4.88 Å². The van der Waals surface area contributed by atoms with Crippen molar-refractivity contribution in [2.24, 2.45) is 0 Å². The zero-order valence-electron chi connectivity index (χ0n) is 19.1. The molecule has 0 radical (unpaired) electrons. The monoisotopic (exact) mass is 493 g/mol. The second kappa shape index (κ2) is 9.71. The fourth-order valence-corrected chi connectivity index (χ4v) is 6.52. The van der Waals surface area contributed by atoms with E-state index in [2.05, 4.69) is 34.0 Å². The van der Waals surface area contributed by atoms with Gasteiger partial charge in [-0.05, 0) is 61.8 Å². The number of aromatic nitrogens is 5. The third-order valence-electron chi connectivity index (χ3n) is 6.02. The molecule has 0 saturated carbocycles. The van der Waals surface area contributed by atoms with Gasteiger partial charge in [0.2, 0.25) is 11.9 Å². The number of unbranched alkanes of at least 4 members (excludes halogenated alkanes) is 1. The quantitative estimate of drug-likeness (QED) is 0.288. The molecule has 0 fully saturated rings. The van der Waals surface area contributed by atoms with Crippen molar-refractivity contribution in [2.45, 2.75) is 62.8 Å². The summed E-state index contributed by atoms with van der Waals surface area (Å²) in [7, 11) is 0. The van der Waals surface area contributed by atoms with Crippen molar-refractivity contribution in [3.8, 4) is 5.69 Å². The van der Waals surface area contributed by atoms with Crippen molar-refractivity contribution >= 4 is 45.2 Å². The van der Waals surface area contributed by atoms with Gasteiger partial charge in [0.1, 0.15) is 10.7 Å². The van der Waals surface area contributed by atoms with Crippen molar-refractivity contribution in [3.63, 3.8) is 0 Å². The third kappa shape index (κ3) is 4.52. The van der Waals surface area contributed by atoms with Crippen LogP contribution >= 0.6 is 23.1 Å². The summed E-state index contributed by atoms with van der Waals surface area (Å²) in [5.41, 5.74) is 14.7. The molecule has 1 aliphatic carbocycles. The Morgan fingerprint density at radius 3 is 2.50 bits per heavy atom. The van der Waals surface area contributed by atoms with E-state index >= 15 is 0 Å². The summed E-state index contributed by atoms with van der Waals surface area (Å²) in [5, 5.41) is 1.38. The van der Waals surface area contributed by atoms with Crippen LogP contribution in [0.5, 0.6) is 0 Å². The second-order valence-electron chi connectivity index (χ2n) is 8.45. The van der Waals surface area contributed by atoms with Crippen molar-refractivity contribution in [1.29, 1.82) is 0 Å². The molecule has 8 nitrogen and oxygen atoms in total. The molecule has 0 amide bonds. The summed E-state index contributed by atoms with van der Waals surface area (Å²) in [6, 6.07) is 8.24. The van der Waals surface area contributed by atoms with Crippen LogP contribution < -0.4 is 17.0 Å². The lowest BCUT2D eigenvalue weighted by molar-refractivity contribution is 0.699. The van der Waals surface area contributed by atoms with Crippen LogP contribution in [0.15, 0.2) is 34.2 Å². The van der Waals surface area contributed by atoms with Gasteiger partial charge in [-0.15, -0.1) is 11.3 Å². The molecule has 0 saturated heterocycles. The lowest BCUT2D eigenvalue weighted by Crippen LogP contribution is -2.22. The number of nitrogens with zero attached hydrogens (tertiary/aromatic N) is 5. The molecular formula is C24H27N7OS2. The van der Waals surface area contributed by atoms with Gasteiger partial charge in [-0.25, -0.2) is 4.98 Å². The van der Waals surface area contributed by atoms with Crippen LogP contribution in [0.25, 0.3) is 15.9 Å². The van der Waals surface area contributed by atoms with Crippen LogP contribution in [0.3, 0.4) is 0 Å². The van der Waals surface area contributed by atoms with E-state index in [9.17, 15) is 4.79 Å². The SMILES string of the molecule is CCCCc1ccc(-n2c(SCc3nc(N)nc(N)n3)nc3sc4c(c3c2=O)CCCC4)cc1. The Hall–Kier alpha value is -2.98. The first-order valence-corrected chi connectivity index (χ1v) is 13.4. The number of thioether (sulfide) groups is 1. The number of nitrogens with two attached hydrogens (primary N) is 2. The van der Waals surface area contributed by atoms with E-state index in [0.717, 1.165) is 60.8 Å². The smallest absolute Gasteiger partial charge is 0.267 e. The average Bonchev–Trinajstić information content (AvgIpc) is 3.20. The molecule has 3 aromatic heterocycles. The minimum atomic E-state index is -0.0112. The Balaban J connectivity index is 1.60. The molecule has 4 N–H and O–H groups in total. The molecule has 0 atom stereocenters. The van der Waals surface area contributed by atoms with E-state index in [1.165, 1.54) is 27.8 Å². The van der Waals surface area contributed by atoms with Crippen LogP contribution in [-0.2, 0) is 25.0 Å². The highest BCUT2D eigenvalue weighted by Gasteiger charge is 2.23. The first-order chi connectivity index (χ1) is 16.5. The lowest BCUT2D eigenvalue weighted by atomic mass is 9.97. The predicted octanol–water partition coefficient (Wildman–Crippen LogP) is 4.31. The average molecular weight is 494 g/mol. The molecule has 1 aliphatic rings. The number of rotatable bonds is 7. The second-order valence-corrected chi connectivity index (χ2v) is 10.5. The fraction of sp³-hybridized carbons (Fsp3) is 0.375. The van der Waals surface area contributed by atoms with E-state index in [1.54, 1.807) is 15.9 Å². The number of aryl methyl sites for hydroxylation is 3. The molecule has 34 heavy (non-hydrogen) atoms. The van der Waals surface area contributed by atoms with E-state index in [1.807, 2.05) is 12.1 Å². The standard InChI is InChI=1S/C24H27N7OS2/c1-2-3-6-14-9-11-15(12-10-14)31-21(32)19-16-7-4-5-8-17(16)34-20(19)29-24(31)33-13-18-27-22(25)30-23(26)28-18/h9-12H,2-8,13H2,1H3,(H4,25,26,27,28,30). The summed E-state index contributed by atoms with van der Waals surface area (Å²) >= 11 is 3.05. The minimum absolute atomic E-state index is 0.0112. The first kappa shape index (κ1) is 22.8. The molecule has 0 aliphatic heterocycles. The van der Waals surface area contributed by atoms with Crippen LogP contribution in [-0.4, -0.2) is 24.5 Å². The van der Waals surface area contributed by atoms with Gasteiger partial charge in [-0.1, -0.05) is 37.2 Å². The van der Waals surface area contributed by atoms with Gasteiger partial charge in [0.05, 0.1) is 16.8 Å². The van der Waals surface area contributed by atoms with Gasteiger partial charge in [0.15, 0.2) is 5.16 Å².